The SMILES string of the molecule is CC(C)CC1(C)CO1.CC(C)C[C@@]1(C)CO1.CC(C)C[C@]1(C)CO1. The molecule has 0 aliphatic carbocycles. The van der Waals surface area contributed by atoms with Gasteiger partial charge in [0.1, 0.15) is 0 Å². The Hall–Kier alpha value is -0.120. The molecular weight excluding hydrogens is 300 g/mol. The lowest BCUT2D eigenvalue weighted by molar-refractivity contribution is 0.283. The molecule has 3 heteroatoms. The Bertz CT molecular complexity index is 304. The van der Waals surface area contributed by atoms with E-state index in [0.29, 0.717) is 0 Å². The summed E-state index contributed by atoms with van der Waals surface area (Å²) in [5.74, 6) is 2.34. The van der Waals surface area contributed by atoms with Crippen LogP contribution in [0.1, 0.15) is 81.6 Å². The van der Waals surface area contributed by atoms with Gasteiger partial charge in [0.05, 0.1) is 36.6 Å². The summed E-state index contributed by atoms with van der Waals surface area (Å²) in [6, 6.07) is 0. The molecule has 1 unspecified atom stereocenters. The first kappa shape index (κ1) is 21.9. The molecule has 0 saturated carbocycles. The predicted molar refractivity (Wildman–Crippen MR) is 101 cm³/mol. The molecule has 144 valence electrons. The maximum Gasteiger partial charge on any atom is 0.0891 e. The normalized spacial score (nSPS) is 36.0. The van der Waals surface area contributed by atoms with Crippen LogP contribution in [-0.2, 0) is 14.2 Å². The van der Waals surface area contributed by atoms with Gasteiger partial charge in [-0.2, -0.15) is 0 Å². The van der Waals surface area contributed by atoms with Crippen LogP contribution in [0.4, 0.5) is 0 Å². The molecule has 3 atom stereocenters. The van der Waals surface area contributed by atoms with Crippen LogP contribution in [0.3, 0.4) is 0 Å². The molecule has 0 spiro atoms. The molecule has 0 N–H and O–H groups in total. The zero-order valence-corrected chi connectivity index (χ0v) is 17.7. The molecular formula is C21H42O3. The van der Waals surface area contributed by atoms with Crippen LogP contribution in [0.2, 0.25) is 0 Å². The van der Waals surface area contributed by atoms with Crippen molar-refractivity contribution in [2.75, 3.05) is 19.8 Å². The van der Waals surface area contributed by atoms with Gasteiger partial charge in [-0.05, 0) is 57.8 Å². The van der Waals surface area contributed by atoms with E-state index in [4.69, 9.17) is 14.2 Å². The molecule has 0 amide bonds. The lowest BCUT2D eigenvalue weighted by Gasteiger charge is -2.06. The molecule has 3 fully saturated rings. The molecule has 0 bridgehead atoms. The number of epoxide rings is 3. The minimum absolute atomic E-state index is 0.272. The summed E-state index contributed by atoms with van der Waals surface area (Å²) in [5.41, 5.74) is 0.816. The van der Waals surface area contributed by atoms with Crippen molar-refractivity contribution >= 4 is 0 Å². The second-order valence-corrected chi connectivity index (χ2v) is 10.0. The quantitative estimate of drug-likeness (QED) is 0.601. The van der Waals surface area contributed by atoms with E-state index in [1.54, 1.807) is 0 Å². The van der Waals surface area contributed by atoms with Gasteiger partial charge in [0, 0.05) is 0 Å². The summed E-state index contributed by atoms with van der Waals surface area (Å²) in [5, 5.41) is 0. The van der Waals surface area contributed by atoms with Gasteiger partial charge in [0.25, 0.3) is 0 Å². The second-order valence-electron chi connectivity index (χ2n) is 10.0. The second kappa shape index (κ2) is 8.51. The molecule has 3 rings (SSSR count). The van der Waals surface area contributed by atoms with E-state index < -0.39 is 0 Å². The van der Waals surface area contributed by atoms with E-state index in [9.17, 15) is 0 Å². The summed E-state index contributed by atoms with van der Waals surface area (Å²) in [6.07, 6.45) is 3.65. The van der Waals surface area contributed by atoms with Crippen LogP contribution in [0.25, 0.3) is 0 Å². The Morgan fingerprint density at radius 3 is 0.750 bits per heavy atom. The minimum atomic E-state index is 0.272. The molecule has 0 aromatic rings. The first-order valence-electron chi connectivity index (χ1n) is 9.79. The molecule has 3 saturated heterocycles. The van der Waals surface area contributed by atoms with Gasteiger partial charge >= 0.3 is 0 Å². The van der Waals surface area contributed by atoms with E-state index in [1.165, 1.54) is 19.3 Å². The fraction of sp³-hybridized carbons (Fsp3) is 1.00. The lowest BCUT2D eigenvalue weighted by Crippen LogP contribution is -2.07. The smallest absolute Gasteiger partial charge is 0.0891 e. The van der Waals surface area contributed by atoms with Crippen molar-refractivity contribution in [2.45, 2.75) is 98.4 Å². The van der Waals surface area contributed by atoms with Gasteiger partial charge in [-0.25, -0.2) is 0 Å². The zero-order chi connectivity index (χ0) is 18.6. The van der Waals surface area contributed by atoms with Crippen LogP contribution in [0.15, 0.2) is 0 Å². The third kappa shape index (κ3) is 10.7. The number of ether oxygens (including phenoxy) is 3. The van der Waals surface area contributed by atoms with Gasteiger partial charge in [-0.3, -0.25) is 0 Å². The molecule has 0 aromatic heterocycles. The largest absolute Gasteiger partial charge is 0.370 e. The van der Waals surface area contributed by atoms with Crippen molar-refractivity contribution in [3.63, 3.8) is 0 Å². The Morgan fingerprint density at radius 1 is 0.542 bits per heavy atom. The minimum Gasteiger partial charge on any atom is -0.370 e. The molecule has 3 heterocycles. The van der Waals surface area contributed by atoms with Crippen molar-refractivity contribution in [1.29, 1.82) is 0 Å². The summed E-state index contributed by atoms with van der Waals surface area (Å²) in [6.45, 7) is 22.8. The highest BCUT2D eigenvalue weighted by molar-refractivity contribution is 4.88. The van der Waals surface area contributed by atoms with Crippen LogP contribution in [0.5, 0.6) is 0 Å². The van der Waals surface area contributed by atoms with Crippen LogP contribution in [-0.4, -0.2) is 36.6 Å². The maximum absolute atomic E-state index is 5.21. The van der Waals surface area contributed by atoms with E-state index in [-0.39, 0.29) is 16.8 Å². The highest BCUT2D eigenvalue weighted by Gasteiger charge is 2.40. The highest BCUT2D eigenvalue weighted by atomic mass is 16.6. The fourth-order valence-corrected chi connectivity index (χ4v) is 3.31. The van der Waals surface area contributed by atoms with Crippen molar-refractivity contribution in [2.24, 2.45) is 17.8 Å². The highest BCUT2D eigenvalue weighted by Crippen LogP contribution is 2.33. The van der Waals surface area contributed by atoms with Crippen molar-refractivity contribution in [3.05, 3.63) is 0 Å². The summed E-state index contributed by atoms with van der Waals surface area (Å²) < 4.78 is 15.6. The van der Waals surface area contributed by atoms with E-state index in [2.05, 4.69) is 62.3 Å². The van der Waals surface area contributed by atoms with Crippen molar-refractivity contribution in [1.82, 2.24) is 0 Å². The average molecular weight is 343 g/mol. The van der Waals surface area contributed by atoms with Crippen LogP contribution < -0.4 is 0 Å². The molecule has 0 aromatic carbocycles. The van der Waals surface area contributed by atoms with Gasteiger partial charge in [0.2, 0.25) is 0 Å². The maximum atomic E-state index is 5.21. The Balaban J connectivity index is 0.000000180. The zero-order valence-electron chi connectivity index (χ0n) is 17.7. The number of hydrogen-bond acceptors (Lipinski definition) is 3. The summed E-state index contributed by atoms with van der Waals surface area (Å²) in [7, 11) is 0. The topological polar surface area (TPSA) is 37.6 Å². The van der Waals surface area contributed by atoms with Gasteiger partial charge in [-0.15, -0.1) is 0 Å². The van der Waals surface area contributed by atoms with Gasteiger partial charge in [-0.1, -0.05) is 41.5 Å². The molecule has 3 aliphatic rings. The fourth-order valence-electron chi connectivity index (χ4n) is 3.31. The van der Waals surface area contributed by atoms with Gasteiger partial charge < -0.3 is 14.2 Å². The third-order valence-electron chi connectivity index (χ3n) is 4.43. The Kier molecular flexibility index (Phi) is 7.77. The monoisotopic (exact) mass is 342 g/mol. The summed E-state index contributed by atoms with van der Waals surface area (Å²) >= 11 is 0. The lowest BCUT2D eigenvalue weighted by atomic mass is 10.0. The van der Waals surface area contributed by atoms with E-state index >= 15 is 0 Å². The summed E-state index contributed by atoms with van der Waals surface area (Å²) in [4.78, 5) is 0. The number of rotatable bonds is 6. The van der Waals surface area contributed by atoms with Crippen LogP contribution in [0, 0.1) is 17.8 Å². The van der Waals surface area contributed by atoms with Crippen molar-refractivity contribution < 1.29 is 14.2 Å². The number of hydrogen-bond donors (Lipinski definition) is 0. The Labute approximate surface area is 150 Å². The Morgan fingerprint density at radius 2 is 0.708 bits per heavy atom. The predicted octanol–water partition coefficient (Wildman–Crippen LogP) is 5.46. The molecule has 3 nitrogen and oxygen atoms in total. The van der Waals surface area contributed by atoms with Gasteiger partial charge in [0.15, 0.2) is 0 Å². The first-order chi connectivity index (χ1) is 10.9. The molecule has 24 heavy (non-hydrogen) atoms. The third-order valence-corrected chi connectivity index (χ3v) is 4.43. The molecule has 0 radical (unpaired) electrons. The first-order valence-corrected chi connectivity index (χ1v) is 9.79. The van der Waals surface area contributed by atoms with Crippen molar-refractivity contribution in [3.8, 4) is 0 Å². The van der Waals surface area contributed by atoms with Crippen LogP contribution >= 0.6 is 0 Å². The molecule has 3 aliphatic heterocycles. The standard InChI is InChI=1S/3C7H14O/c3*1-6(2)4-7(3)5-8-7/h3*6H,4-5H2,1-3H3/t2*7-;/m10./s1. The average Bonchev–Trinajstić information content (AvgIpc) is 3.29. The van der Waals surface area contributed by atoms with E-state index in [1.807, 2.05) is 0 Å². The van der Waals surface area contributed by atoms with E-state index in [0.717, 1.165) is 37.6 Å².